The standard InChI is InChI=1S/C14H19FN2O3/c1-4-17(8-12(18)16-9(2)3)13-10(14(19)20)6-5-7-11(13)15/h5-7,9H,4,8H2,1-3H3,(H,16,18)(H,19,20). The first-order chi connectivity index (χ1) is 9.36. The van der Waals surface area contributed by atoms with E-state index in [1.54, 1.807) is 6.92 Å². The number of amides is 1. The number of halogens is 1. The molecule has 2 N–H and O–H groups in total. The van der Waals surface area contributed by atoms with Crippen LogP contribution in [0.3, 0.4) is 0 Å². The van der Waals surface area contributed by atoms with Crippen LogP contribution < -0.4 is 10.2 Å². The lowest BCUT2D eigenvalue weighted by Crippen LogP contribution is -2.40. The van der Waals surface area contributed by atoms with Gasteiger partial charge in [0.05, 0.1) is 17.8 Å². The van der Waals surface area contributed by atoms with Crippen LogP contribution in [0.2, 0.25) is 0 Å². The SMILES string of the molecule is CCN(CC(=O)NC(C)C)c1c(F)cccc1C(=O)O. The van der Waals surface area contributed by atoms with Crippen LogP contribution in [-0.2, 0) is 4.79 Å². The van der Waals surface area contributed by atoms with Crippen LogP contribution in [0.4, 0.5) is 10.1 Å². The summed E-state index contributed by atoms with van der Waals surface area (Å²) in [7, 11) is 0. The van der Waals surface area contributed by atoms with Crippen LogP contribution in [0, 0.1) is 5.82 Å². The average Bonchev–Trinajstić information content (AvgIpc) is 2.35. The van der Waals surface area contributed by atoms with Crippen molar-refractivity contribution in [1.82, 2.24) is 5.32 Å². The van der Waals surface area contributed by atoms with Crippen molar-refractivity contribution < 1.29 is 19.1 Å². The lowest BCUT2D eigenvalue weighted by molar-refractivity contribution is -0.120. The minimum Gasteiger partial charge on any atom is -0.478 e. The van der Waals surface area contributed by atoms with Gasteiger partial charge in [0.15, 0.2) is 0 Å². The first-order valence-corrected chi connectivity index (χ1v) is 6.42. The van der Waals surface area contributed by atoms with Crippen molar-refractivity contribution in [1.29, 1.82) is 0 Å². The van der Waals surface area contributed by atoms with Crippen molar-refractivity contribution in [3.63, 3.8) is 0 Å². The van der Waals surface area contributed by atoms with Crippen LogP contribution in [-0.4, -0.2) is 36.1 Å². The lowest BCUT2D eigenvalue weighted by atomic mass is 10.1. The van der Waals surface area contributed by atoms with Crippen molar-refractivity contribution in [3.05, 3.63) is 29.6 Å². The minimum absolute atomic E-state index is 0.0271. The molecule has 5 nitrogen and oxygen atoms in total. The van der Waals surface area contributed by atoms with Gasteiger partial charge in [-0.2, -0.15) is 0 Å². The Hall–Kier alpha value is -2.11. The molecule has 6 heteroatoms. The summed E-state index contributed by atoms with van der Waals surface area (Å²) in [4.78, 5) is 24.3. The van der Waals surface area contributed by atoms with Gasteiger partial charge >= 0.3 is 5.97 Å². The van der Waals surface area contributed by atoms with E-state index in [4.69, 9.17) is 5.11 Å². The van der Waals surface area contributed by atoms with Gasteiger partial charge in [-0.05, 0) is 32.9 Å². The maximum atomic E-state index is 13.9. The highest BCUT2D eigenvalue weighted by Gasteiger charge is 2.21. The zero-order valence-corrected chi connectivity index (χ0v) is 11.8. The van der Waals surface area contributed by atoms with Crippen molar-refractivity contribution in [2.45, 2.75) is 26.8 Å². The second-order valence-electron chi connectivity index (χ2n) is 4.68. The third-order valence-electron chi connectivity index (χ3n) is 2.70. The Morgan fingerprint density at radius 1 is 1.40 bits per heavy atom. The molecule has 0 aliphatic carbocycles. The number of anilines is 1. The fraction of sp³-hybridized carbons (Fsp3) is 0.429. The third-order valence-corrected chi connectivity index (χ3v) is 2.70. The molecular weight excluding hydrogens is 263 g/mol. The van der Waals surface area contributed by atoms with E-state index in [2.05, 4.69) is 5.32 Å². The molecule has 0 spiro atoms. The van der Waals surface area contributed by atoms with Crippen molar-refractivity contribution in [3.8, 4) is 0 Å². The summed E-state index contributed by atoms with van der Waals surface area (Å²) in [5.74, 6) is -2.15. The molecule has 1 amide bonds. The third kappa shape index (κ3) is 3.94. The monoisotopic (exact) mass is 282 g/mol. The number of rotatable bonds is 6. The highest BCUT2D eigenvalue weighted by molar-refractivity contribution is 5.95. The molecule has 1 aromatic carbocycles. The number of aromatic carboxylic acids is 1. The minimum atomic E-state index is -1.22. The number of carbonyl (C=O) groups excluding carboxylic acids is 1. The van der Waals surface area contributed by atoms with Gasteiger partial charge in [-0.1, -0.05) is 6.07 Å². The molecule has 0 atom stereocenters. The number of nitrogens with one attached hydrogen (secondary N) is 1. The Morgan fingerprint density at radius 2 is 2.05 bits per heavy atom. The van der Waals surface area contributed by atoms with Crippen molar-refractivity contribution in [2.75, 3.05) is 18.0 Å². The van der Waals surface area contributed by atoms with Crippen LogP contribution >= 0.6 is 0 Å². The van der Waals surface area contributed by atoms with Gasteiger partial charge < -0.3 is 15.3 Å². The number of nitrogens with zero attached hydrogens (tertiary/aromatic N) is 1. The zero-order chi connectivity index (χ0) is 15.3. The second kappa shape index (κ2) is 6.88. The van der Waals surface area contributed by atoms with Gasteiger partial charge in [-0.3, -0.25) is 4.79 Å². The van der Waals surface area contributed by atoms with E-state index in [0.717, 1.165) is 0 Å². The molecular formula is C14H19FN2O3. The van der Waals surface area contributed by atoms with Crippen LogP contribution in [0.15, 0.2) is 18.2 Å². The highest BCUT2D eigenvalue weighted by atomic mass is 19.1. The number of hydrogen-bond acceptors (Lipinski definition) is 3. The first kappa shape index (κ1) is 15.9. The van der Waals surface area contributed by atoms with Crippen LogP contribution in [0.5, 0.6) is 0 Å². The number of benzene rings is 1. The molecule has 0 heterocycles. The van der Waals surface area contributed by atoms with Gasteiger partial charge in [0.2, 0.25) is 5.91 Å². The summed E-state index contributed by atoms with van der Waals surface area (Å²) in [6.45, 7) is 5.61. The number of carboxylic acids is 1. The van der Waals surface area contributed by atoms with E-state index >= 15 is 0 Å². The first-order valence-electron chi connectivity index (χ1n) is 6.42. The Balaban J connectivity index is 3.06. The van der Waals surface area contributed by atoms with Crippen LogP contribution in [0.1, 0.15) is 31.1 Å². The van der Waals surface area contributed by atoms with Crippen molar-refractivity contribution in [2.24, 2.45) is 0 Å². The molecule has 0 aromatic heterocycles. The molecule has 0 bridgehead atoms. The van der Waals surface area contributed by atoms with Gasteiger partial charge in [0, 0.05) is 12.6 Å². The highest BCUT2D eigenvalue weighted by Crippen LogP contribution is 2.24. The topological polar surface area (TPSA) is 69.6 Å². The Bertz CT molecular complexity index is 503. The van der Waals surface area contributed by atoms with Crippen LogP contribution in [0.25, 0.3) is 0 Å². The van der Waals surface area contributed by atoms with Crippen molar-refractivity contribution >= 4 is 17.6 Å². The molecule has 110 valence electrons. The summed E-state index contributed by atoms with van der Waals surface area (Å²) < 4.78 is 13.9. The number of carboxylic acid groups (broad SMARTS) is 1. The Morgan fingerprint density at radius 3 is 2.55 bits per heavy atom. The fourth-order valence-corrected chi connectivity index (χ4v) is 1.90. The maximum Gasteiger partial charge on any atom is 0.337 e. The van der Waals surface area contributed by atoms with E-state index in [9.17, 15) is 14.0 Å². The van der Waals surface area contributed by atoms with E-state index in [-0.39, 0.29) is 29.7 Å². The van der Waals surface area contributed by atoms with Gasteiger partial charge in [-0.15, -0.1) is 0 Å². The number of hydrogen-bond donors (Lipinski definition) is 2. The van der Waals surface area contributed by atoms with E-state index < -0.39 is 11.8 Å². The predicted octanol–water partition coefficient (Wildman–Crippen LogP) is 1.87. The number of para-hydroxylation sites is 1. The largest absolute Gasteiger partial charge is 0.478 e. The van der Waals surface area contributed by atoms with E-state index in [1.807, 2.05) is 13.8 Å². The quantitative estimate of drug-likeness (QED) is 0.835. The predicted molar refractivity (Wildman–Crippen MR) is 74.5 cm³/mol. The Kier molecular flexibility index (Phi) is 5.49. The summed E-state index contributed by atoms with van der Waals surface area (Å²) in [5.41, 5.74) is -0.203. The molecule has 0 saturated carbocycles. The molecule has 0 aliphatic rings. The van der Waals surface area contributed by atoms with E-state index in [0.29, 0.717) is 6.54 Å². The molecule has 1 aromatic rings. The van der Waals surface area contributed by atoms with Gasteiger partial charge in [0.1, 0.15) is 5.82 Å². The lowest BCUT2D eigenvalue weighted by Gasteiger charge is -2.25. The van der Waals surface area contributed by atoms with Gasteiger partial charge in [0.25, 0.3) is 0 Å². The summed E-state index contributed by atoms with van der Waals surface area (Å²) in [6, 6.07) is 3.82. The molecule has 0 fully saturated rings. The molecule has 0 unspecified atom stereocenters. The molecule has 1 rings (SSSR count). The maximum absolute atomic E-state index is 13.9. The normalized spacial score (nSPS) is 10.4. The molecule has 0 aliphatic heterocycles. The van der Waals surface area contributed by atoms with Gasteiger partial charge in [-0.25, -0.2) is 9.18 Å². The fourth-order valence-electron chi connectivity index (χ4n) is 1.90. The Labute approximate surface area is 117 Å². The average molecular weight is 282 g/mol. The number of carbonyl (C=O) groups is 2. The second-order valence-corrected chi connectivity index (χ2v) is 4.68. The van der Waals surface area contributed by atoms with E-state index in [1.165, 1.54) is 23.1 Å². The smallest absolute Gasteiger partial charge is 0.337 e. The molecule has 0 saturated heterocycles. The summed E-state index contributed by atoms with van der Waals surface area (Å²) in [6.07, 6.45) is 0. The summed E-state index contributed by atoms with van der Waals surface area (Å²) >= 11 is 0. The molecule has 0 radical (unpaired) electrons. The zero-order valence-electron chi connectivity index (χ0n) is 11.8. The number of likely N-dealkylation sites (N-methyl/N-ethyl adjacent to an activating group) is 1. The summed E-state index contributed by atoms with van der Waals surface area (Å²) in [5, 5.41) is 11.8. The molecule has 20 heavy (non-hydrogen) atoms.